The highest BCUT2D eigenvalue weighted by molar-refractivity contribution is 5.74. The number of urea groups is 1. The zero-order valence-corrected chi connectivity index (χ0v) is 15.6. The quantitative estimate of drug-likeness (QED) is 0.768. The standard InChI is InChI=1S/C19H29N3O4/c1-15(24)21-9-5-6-16(13-21)12-20-19(25)22(10-11-23)14-17-7-3-4-8-18(17)26-2/h3-4,7-8,16,23H,5-6,9-14H2,1-2H3,(H,20,25)/t16-/m1/s1. The fraction of sp³-hybridized carbons (Fsp3) is 0.579. The van der Waals surface area contributed by atoms with Gasteiger partial charge in [-0.2, -0.15) is 0 Å². The number of likely N-dealkylation sites (tertiary alicyclic amines) is 1. The predicted octanol–water partition coefficient (Wildman–Crippen LogP) is 1.46. The van der Waals surface area contributed by atoms with E-state index in [0.717, 1.165) is 24.9 Å². The third kappa shape index (κ3) is 5.62. The Morgan fingerprint density at radius 2 is 2.15 bits per heavy atom. The van der Waals surface area contributed by atoms with E-state index in [1.807, 2.05) is 29.2 Å². The lowest BCUT2D eigenvalue weighted by Gasteiger charge is -2.32. The Bertz CT molecular complexity index is 608. The minimum Gasteiger partial charge on any atom is -0.496 e. The van der Waals surface area contributed by atoms with Gasteiger partial charge in [0.05, 0.1) is 20.3 Å². The highest BCUT2D eigenvalue weighted by Gasteiger charge is 2.23. The monoisotopic (exact) mass is 363 g/mol. The number of rotatable bonds is 7. The molecule has 1 fully saturated rings. The Morgan fingerprint density at radius 3 is 2.85 bits per heavy atom. The summed E-state index contributed by atoms with van der Waals surface area (Å²) in [6, 6.07) is 7.31. The van der Waals surface area contributed by atoms with Gasteiger partial charge in [-0.15, -0.1) is 0 Å². The molecule has 1 aliphatic heterocycles. The zero-order valence-electron chi connectivity index (χ0n) is 15.6. The van der Waals surface area contributed by atoms with Crippen LogP contribution in [0.5, 0.6) is 5.75 Å². The molecule has 1 saturated heterocycles. The summed E-state index contributed by atoms with van der Waals surface area (Å²) in [7, 11) is 1.60. The number of piperidine rings is 1. The van der Waals surface area contributed by atoms with Crippen LogP contribution in [0.3, 0.4) is 0 Å². The van der Waals surface area contributed by atoms with Crippen LogP contribution < -0.4 is 10.1 Å². The van der Waals surface area contributed by atoms with Crippen LogP contribution in [0.4, 0.5) is 4.79 Å². The van der Waals surface area contributed by atoms with Gasteiger partial charge in [0.2, 0.25) is 5.91 Å². The number of methoxy groups -OCH3 is 1. The van der Waals surface area contributed by atoms with Crippen LogP contribution in [0.25, 0.3) is 0 Å². The zero-order chi connectivity index (χ0) is 18.9. The molecule has 0 unspecified atom stereocenters. The molecule has 0 saturated carbocycles. The minimum absolute atomic E-state index is 0.0825. The molecule has 0 aliphatic carbocycles. The molecule has 1 atom stereocenters. The largest absolute Gasteiger partial charge is 0.496 e. The summed E-state index contributed by atoms with van der Waals surface area (Å²) in [6.45, 7) is 4.08. The maximum absolute atomic E-state index is 12.6. The number of aliphatic hydroxyl groups is 1. The first kappa shape index (κ1) is 20.0. The molecule has 0 radical (unpaired) electrons. The Balaban J connectivity index is 1.92. The summed E-state index contributed by atoms with van der Waals surface area (Å²) in [5, 5.41) is 12.3. The topological polar surface area (TPSA) is 82.1 Å². The van der Waals surface area contributed by atoms with Crippen molar-refractivity contribution in [2.75, 3.05) is 39.9 Å². The van der Waals surface area contributed by atoms with E-state index in [9.17, 15) is 14.7 Å². The molecule has 1 aromatic carbocycles. The Hall–Kier alpha value is -2.28. The number of para-hydroxylation sites is 1. The number of amides is 3. The molecular formula is C19H29N3O4. The van der Waals surface area contributed by atoms with Gasteiger partial charge in [-0.3, -0.25) is 4.79 Å². The molecule has 144 valence electrons. The van der Waals surface area contributed by atoms with Crippen molar-refractivity contribution in [1.82, 2.24) is 15.1 Å². The first-order chi connectivity index (χ1) is 12.5. The van der Waals surface area contributed by atoms with E-state index in [1.165, 1.54) is 0 Å². The van der Waals surface area contributed by atoms with Crippen molar-refractivity contribution >= 4 is 11.9 Å². The van der Waals surface area contributed by atoms with E-state index >= 15 is 0 Å². The second-order valence-corrected chi connectivity index (χ2v) is 6.62. The molecule has 7 nitrogen and oxygen atoms in total. The van der Waals surface area contributed by atoms with Crippen LogP contribution >= 0.6 is 0 Å². The summed E-state index contributed by atoms with van der Waals surface area (Å²) in [4.78, 5) is 27.5. The van der Waals surface area contributed by atoms with Crippen molar-refractivity contribution in [2.45, 2.75) is 26.3 Å². The second-order valence-electron chi connectivity index (χ2n) is 6.62. The summed E-state index contributed by atoms with van der Waals surface area (Å²) in [5.41, 5.74) is 0.888. The van der Waals surface area contributed by atoms with Crippen molar-refractivity contribution in [3.05, 3.63) is 29.8 Å². The molecule has 1 aliphatic rings. The molecule has 26 heavy (non-hydrogen) atoms. The van der Waals surface area contributed by atoms with Gasteiger partial charge in [0.25, 0.3) is 0 Å². The van der Waals surface area contributed by atoms with Gasteiger partial charge < -0.3 is 25.0 Å². The van der Waals surface area contributed by atoms with Gasteiger partial charge in [0.1, 0.15) is 5.75 Å². The number of aliphatic hydroxyl groups excluding tert-OH is 1. The lowest BCUT2D eigenvalue weighted by Crippen LogP contribution is -2.46. The number of carbonyl (C=O) groups is 2. The maximum Gasteiger partial charge on any atom is 0.317 e. The van der Waals surface area contributed by atoms with Crippen molar-refractivity contribution in [3.63, 3.8) is 0 Å². The molecule has 1 aromatic rings. The van der Waals surface area contributed by atoms with Crippen molar-refractivity contribution in [1.29, 1.82) is 0 Å². The fourth-order valence-electron chi connectivity index (χ4n) is 3.27. The highest BCUT2D eigenvalue weighted by atomic mass is 16.5. The molecule has 0 bridgehead atoms. The summed E-state index contributed by atoms with van der Waals surface area (Å²) >= 11 is 0. The van der Waals surface area contributed by atoms with Gasteiger partial charge in [0.15, 0.2) is 0 Å². The van der Waals surface area contributed by atoms with E-state index in [4.69, 9.17) is 4.74 Å². The first-order valence-electron chi connectivity index (χ1n) is 9.06. The Labute approximate surface area is 154 Å². The molecule has 7 heteroatoms. The first-order valence-corrected chi connectivity index (χ1v) is 9.06. The van der Waals surface area contributed by atoms with Crippen LogP contribution in [0.15, 0.2) is 24.3 Å². The van der Waals surface area contributed by atoms with Gasteiger partial charge >= 0.3 is 6.03 Å². The van der Waals surface area contributed by atoms with Crippen molar-refractivity contribution in [3.8, 4) is 5.75 Å². The summed E-state index contributed by atoms with van der Waals surface area (Å²) in [6.07, 6.45) is 1.96. The SMILES string of the molecule is COc1ccccc1CN(CCO)C(=O)NC[C@H]1CCCN(C(C)=O)C1. The van der Waals surface area contributed by atoms with Crippen molar-refractivity contribution < 1.29 is 19.4 Å². The molecule has 2 rings (SSSR count). The summed E-state index contributed by atoms with van der Waals surface area (Å²) < 4.78 is 5.34. The highest BCUT2D eigenvalue weighted by Crippen LogP contribution is 2.19. The smallest absolute Gasteiger partial charge is 0.317 e. The third-order valence-electron chi connectivity index (χ3n) is 4.72. The number of nitrogens with zero attached hydrogens (tertiary/aromatic N) is 2. The number of hydrogen-bond donors (Lipinski definition) is 2. The van der Waals surface area contributed by atoms with E-state index in [0.29, 0.717) is 25.4 Å². The number of ether oxygens (including phenoxy) is 1. The predicted molar refractivity (Wildman–Crippen MR) is 98.9 cm³/mol. The Kier molecular flexibility index (Phi) is 7.72. The fourth-order valence-corrected chi connectivity index (χ4v) is 3.27. The molecule has 0 aromatic heterocycles. The maximum atomic E-state index is 12.6. The summed E-state index contributed by atoms with van der Waals surface area (Å²) in [5.74, 6) is 1.06. The van der Waals surface area contributed by atoms with E-state index in [1.54, 1.807) is 18.9 Å². The second kappa shape index (κ2) is 10.0. The Morgan fingerprint density at radius 1 is 1.38 bits per heavy atom. The van der Waals surface area contributed by atoms with E-state index < -0.39 is 0 Å². The van der Waals surface area contributed by atoms with Crippen LogP contribution in [0.1, 0.15) is 25.3 Å². The van der Waals surface area contributed by atoms with Crippen molar-refractivity contribution in [2.24, 2.45) is 5.92 Å². The number of nitrogens with one attached hydrogen (secondary N) is 1. The van der Waals surface area contributed by atoms with Gasteiger partial charge in [0, 0.05) is 38.7 Å². The van der Waals surface area contributed by atoms with Crippen LogP contribution in [-0.4, -0.2) is 66.7 Å². The molecule has 1 heterocycles. The number of benzene rings is 1. The van der Waals surface area contributed by atoms with E-state index in [-0.39, 0.29) is 31.0 Å². The minimum atomic E-state index is -0.218. The van der Waals surface area contributed by atoms with E-state index in [2.05, 4.69) is 5.32 Å². The van der Waals surface area contributed by atoms with Gasteiger partial charge in [-0.25, -0.2) is 4.79 Å². The average Bonchev–Trinajstić information content (AvgIpc) is 2.66. The lowest BCUT2D eigenvalue weighted by atomic mass is 9.98. The number of hydrogen-bond acceptors (Lipinski definition) is 4. The lowest BCUT2D eigenvalue weighted by molar-refractivity contribution is -0.130. The average molecular weight is 363 g/mol. The molecule has 2 N–H and O–H groups in total. The van der Waals surface area contributed by atoms with Crippen LogP contribution in [0, 0.1) is 5.92 Å². The van der Waals surface area contributed by atoms with Crippen LogP contribution in [0.2, 0.25) is 0 Å². The van der Waals surface area contributed by atoms with Gasteiger partial charge in [-0.1, -0.05) is 18.2 Å². The molecule has 3 amide bonds. The normalized spacial score (nSPS) is 16.9. The third-order valence-corrected chi connectivity index (χ3v) is 4.72. The van der Waals surface area contributed by atoms with Crippen LogP contribution in [-0.2, 0) is 11.3 Å². The van der Waals surface area contributed by atoms with Gasteiger partial charge in [-0.05, 0) is 24.8 Å². The molecule has 0 spiro atoms. The number of carbonyl (C=O) groups excluding carboxylic acids is 2. The molecular weight excluding hydrogens is 334 g/mol.